The minimum atomic E-state index is -0.950. The molecule has 0 saturated heterocycles. The van der Waals surface area contributed by atoms with Gasteiger partial charge in [-0.15, -0.1) is 0 Å². The highest BCUT2D eigenvalue weighted by atomic mass is 16.6. The first kappa shape index (κ1) is 26.7. The van der Waals surface area contributed by atoms with E-state index in [0.717, 1.165) is 46.9 Å². The van der Waals surface area contributed by atoms with Crippen LogP contribution in [-0.4, -0.2) is 48.5 Å². The van der Waals surface area contributed by atoms with Crippen LogP contribution in [0, 0.1) is 6.92 Å². The van der Waals surface area contributed by atoms with Crippen molar-refractivity contribution in [2.45, 2.75) is 34.6 Å². The van der Waals surface area contributed by atoms with Gasteiger partial charge in [-0.3, -0.25) is 28.8 Å². The molecule has 3 rings (SSSR count). The molecule has 0 amide bonds. The maximum absolute atomic E-state index is 13.8. The molecule has 0 heterocycles. The number of ether oxygens (including phenoxy) is 5. The summed E-state index contributed by atoms with van der Waals surface area (Å²) in [5.74, 6) is -8.11. The SMILES string of the molecule is COC(=O)c1c(OC(C)=O)cc2c(c1C)C(=O)c1c(OC(C)=O)cc(OC(C)=O)c(OC(C)=O)c1C2=O. The van der Waals surface area contributed by atoms with Crippen molar-refractivity contribution < 1.29 is 57.2 Å². The third-order valence-corrected chi connectivity index (χ3v) is 5.07. The molecule has 192 valence electrons. The van der Waals surface area contributed by atoms with Crippen molar-refractivity contribution in [1.82, 2.24) is 0 Å². The Balaban J connectivity index is 2.48. The quantitative estimate of drug-likeness (QED) is 0.362. The van der Waals surface area contributed by atoms with Crippen LogP contribution in [0.2, 0.25) is 0 Å². The van der Waals surface area contributed by atoms with Crippen molar-refractivity contribution in [2.24, 2.45) is 0 Å². The standard InChI is InChI=1S/C25H20O12/c1-9-18-14(7-15(34-10(2)26)19(9)25(32)33-6)22(30)21-20(23(18)31)16(35-11(3)27)8-17(36-12(4)28)24(21)37-13(5)29/h7-8H,1-6H3. The van der Waals surface area contributed by atoms with Gasteiger partial charge in [0.15, 0.2) is 23.1 Å². The number of benzene rings is 2. The summed E-state index contributed by atoms with van der Waals surface area (Å²) in [6, 6.07) is 1.96. The summed E-state index contributed by atoms with van der Waals surface area (Å²) in [6.45, 7) is 5.48. The van der Waals surface area contributed by atoms with Gasteiger partial charge < -0.3 is 23.7 Å². The molecule has 0 unspecified atom stereocenters. The van der Waals surface area contributed by atoms with Crippen LogP contribution in [0.1, 0.15) is 75.5 Å². The Hall–Kier alpha value is -4.87. The number of carbonyl (C=O) groups excluding carboxylic acids is 7. The molecule has 0 aliphatic heterocycles. The van der Waals surface area contributed by atoms with E-state index in [1.54, 1.807) is 0 Å². The smallest absolute Gasteiger partial charge is 0.341 e. The van der Waals surface area contributed by atoms with E-state index in [0.29, 0.717) is 0 Å². The van der Waals surface area contributed by atoms with Gasteiger partial charge in [-0.1, -0.05) is 0 Å². The Labute approximate surface area is 209 Å². The second-order valence-electron chi connectivity index (χ2n) is 7.77. The first-order valence-corrected chi connectivity index (χ1v) is 10.6. The maximum atomic E-state index is 13.8. The molecule has 1 aliphatic rings. The second-order valence-corrected chi connectivity index (χ2v) is 7.77. The number of rotatable bonds is 5. The molecule has 2 aromatic rings. The molecule has 0 N–H and O–H groups in total. The van der Waals surface area contributed by atoms with Crippen LogP contribution in [-0.2, 0) is 23.9 Å². The van der Waals surface area contributed by atoms with Crippen molar-refractivity contribution in [3.63, 3.8) is 0 Å². The van der Waals surface area contributed by atoms with Crippen LogP contribution in [0.3, 0.4) is 0 Å². The van der Waals surface area contributed by atoms with E-state index in [-0.39, 0.29) is 28.0 Å². The Morgan fingerprint density at radius 1 is 0.622 bits per heavy atom. The van der Waals surface area contributed by atoms with Gasteiger partial charge in [0.2, 0.25) is 0 Å². The van der Waals surface area contributed by atoms with Gasteiger partial charge >= 0.3 is 29.8 Å². The van der Waals surface area contributed by atoms with Crippen molar-refractivity contribution in [1.29, 1.82) is 0 Å². The molecule has 0 fully saturated rings. The highest BCUT2D eigenvalue weighted by Crippen LogP contribution is 2.46. The third kappa shape index (κ3) is 4.94. The van der Waals surface area contributed by atoms with Crippen LogP contribution >= 0.6 is 0 Å². The summed E-state index contributed by atoms with van der Waals surface area (Å²) in [5, 5.41) is 0. The van der Waals surface area contributed by atoms with Crippen molar-refractivity contribution in [3.05, 3.63) is 45.5 Å². The van der Waals surface area contributed by atoms with Crippen LogP contribution in [0.15, 0.2) is 12.1 Å². The number of esters is 5. The Morgan fingerprint density at radius 2 is 1.14 bits per heavy atom. The zero-order valence-electron chi connectivity index (χ0n) is 20.6. The molecule has 2 aromatic carbocycles. The van der Waals surface area contributed by atoms with Gasteiger partial charge in [-0.05, 0) is 18.6 Å². The highest BCUT2D eigenvalue weighted by molar-refractivity contribution is 6.32. The lowest BCUT2D eigenvalue weighted by atomic mass is 9.79. The fraction of sp³-hybridized carbons (Fsp3) is 0.240. The molecule has 0 bridgehead atoms. The highest BCUT2D eigenvalue weighted by Gasteiger charge is 2.41. The molecule has 1 aliphatic carbocycles. The van der Waals surface area contributed by atoms with Gasteiger partial charge in [0.1, 0.15) is 17.1 Å². The van der Waals surface area contributed by atoms with Crippen molar-refractivity contribution in [3.8, 4) is 23.0 Å². The lowest BCUT2D eigenvalue weighted by molar-refractivity contribution is -0.134. The van der Waals surface area contributed by atoms with Crippen molar-refractivity contribution in [2.75, 3.05) is 7.11 Å². The fourth-order valence-corrected chi connectivity index (χ4v) is 3.88. The lowest BCUT2D eigenvalue weighted by Crippen LogP contribution is -2.27. The van der Waals surface area contributed by atoms with E-state index < -0.39 is 69.8 Å². The van der Waals surface area contributed by atoms with Crippen LogP contribution in [0.5, 0.6) is 23.0 Å². The Morgan fingerprint density at radius 3 is 1.65 bits per heavy atom. The predicted octanol–water partition coefficient (Wildman–Crippen LogP) is 2.26. The van der Waals surface area contributed by atoms with Crippen LogP contribution in [0.25, 0.3) is 0 Å². The predicted molar refractivity (Wildman–Crippen MR) is 121 cm³/mol. The molecule has 0 spiro atoms. The number of hydrogen-bond acceptors (Lipinski definition) is 12. The minimum absolute atomic E-state index is 0.0588. The zero-order valence-corrected chi connectivity index (χ0v) is 20.6. The van der Waals surface area contributed by atoms with Crippen molar-refractivity contribution >= 4 is 41.4 Å². The fourth-order valence-electron chi connectivity index (χ4n) is 3.88. The van der Waals surface area contributed by atoms with Gasteiger partial charge in [-0.25, -0.2) is 4.79 Å². The minimum Gasteiger partial charge on any atom is -0.465 e. The number of fused-ring (bicyclic) bond motifs is 2. The zero-order chi connectivity index (χ0) is 27.8. The first-order chi connectivity index (χ1) is 17.3. The molecular weight excluding hydrogens is 492 g/mol. The van der Waals surface area contributed by atoms with Crippen LogP contribution < -0.4 is 18.9 Å². The largest absolute Gasteiger partial charge is 0.465 e. The summed E-state index contributed by atoms with van der Waals surface area (Å²) < 4.78 is 25.2. The van der Waals surface area contributed by atoms with E-state index in [1.807, 2.05) is 0 Å². The molecule has 12 heteroatoms. The normalized spacial score (nSPS) is 11.6. The number of hydrogen-bond donors (Lipinski definition) is 0. The number of methoxy groups -OCH3 is 1. The molecule has 12 nitrogen and oxygen atoms in total. The number of carbonyl (C=O) groups is 7. The molecule has 0 aromatic heterocycles. The first-order valence-electron chi connectivity index (χ1n) is 10.6. The molecular formula is C25H20O12. The second kappa shape index (κ2) is 10.0. The van der Waals surface area contributed by atoms with Gasteiger partial charge in [0, 0.05) is 44.9 Å². The third-order valence-electron chi connectivity index (χ3n) is 5.07. The van der Waals surface area contributed by atoms with E-state index in [4.69, 9.17) is 23.7 Å². The van der Waals surface area contributed by atoms with E-state index in [9.17, 15) is 33.6 Å². The Bertz CT molecular complexity index is 1430. The van der Waals surface area contributed by atoms with E-state index >= 15 is 0 Å². The van der Waals surface area contributed by atoms with Gasteiger partial charge in [0.05, 0.1) is 18.2 Å². The Kier molecular flexibility index (Phi) is 7.23. The summed E-state index contributed by atoms with van der Waals surface area (Å²) in [5.41, 5.74) is -1.94. The van der Waals surface area contributed by atoms with E-state index in [2.05, 4.69) is 0 Å². The average molecular weight is 512 g/mol. The van der Waals surface area contributed by atoms with Gasteiger partial charge in [0.25, 0.3) is 0 Å². The summed E-state index contributed by atoms with van der Waals surface area (Å²) in [6.07, 6.45) is 0. The molecule has 0 atom stereocenters. The molecule has 37 heavy (non-hydrogen) atoms. The average Bonchev–Trinajstić information content (AvgIpc) is 2.76. The monoisotopic (exact) mass is 512 g/mol. The summed E-state index contributed by atoms with van der Waals surface area (Å²) >= 11 is 0. The summed E-state index contributed by atoms with van der Waals surface area (Å²) in [4.78, 5) is 87.2. The molecule has 0 saturated carbocycles. The maximum Gasteiger partial charge on any atom is 0.341 e. The number of ketones is 2. The van der Waals surface area contributed by atoms with Gasteiger partial charge in [-0.2, -0.15) is 0 Å². The van der Waals surface area contributed by atoms with Crippen LogP contribution in [0.4, 0.5) is 0 Å². The summed E-state index contributed by atoms with van der Waals surface area (Å²) in [7, 11) is 1.07. The topological polar surface area (TPSA) is 166 Å². The lowest BCUT2D eigenvalue weighted by Gasteiger charge is -2.25. The molecule has 0 radical (unpaired) electrons. The van der Waals surface area contributed by atoms with E-state index in [1.165, 1.54) is 6.92 Å².